The van der Waals surface area contributed by atoms with Crippen molar-refractivity contribution in [2.75, 3.05) is 5.73 Å². The number of hydrogen-bond acceptors (Lipinski definition) is 3. The highest BCUT2D eigenvalue weighted by Crippen LogP contribution is 2.24. The molecule has 0 atom stereocenters. The quantitative estimate of drug-likeness (QED) is 0.841. The van der Waals surface area contributed by atoms with Crippen LogP contribution in [0, 0.1) is 3.57 Å². The molecule has 0 fully saturated rings. The lowest BCUT2D eigenvalue weighted by Crippen LogP contribution is -1.86. The highest BCUT2D eigenvalue weighted by Gasteiger charge is 2.04. The highest BCUT2D eigenvalue weighted by molar-refractivity contribution is 14.1. The molecule has 0 radical (unpaired) electrons. The molecule has 2 rings (SSSR count). The van der Waals surface area contributed by atoms with Crippen LogP contribution in [0.4, 0.5) is 5.13 Å². The highest BCUT2D eigenvalue weighted by atomic mass is 127. The molecule has 78 valence electrons. The number of halogens is 2. The normalized spacial score (nSPS) is 10.5. The number of rotatable bonds is 2. The van der Waals surface area contributed by atoms with Gasteiger partial charge in [-0.25, -0.2) is 4.98 Å². The third-order valence-electron chi connectivity index (χ3n) is 1.95. The van der Waals surface area contributed by atoms with Gasteiger partial charge in [0.05, 0.1) is 0 Å². The van der Waals surface area contributed by atoms with Crippen molar-refractivity contribution in [1.29, 1.82) is 0 Å². The molecular weight excluding hydrogens is 343 g/mol. The van der Waals surface area contributed by atoms with Crippen LogP contribution in [-0.4, -0.2) is 4.98 Å². The van der Waals surface area contributed by atoms with E-state index in [0.717, 1.165) is 25.5 Å². The fraction of sp³-hybridized carbons (Fsp3) is 0.100. The molecule has 0 saturated carbocycles. The Morgan fingerprint density at radius 2 is 2.27 bits per heavy atom. The van der Waals surface area contributed by atoms with Crippen molar-refractivity contribution >= 4 is 50.7 Å². The zero-order valence-corrected chi connectivity index (χ0v) is 11.4. The van der Waals surface area contributed by atoms with Crippen molar-refractivity contribution in [2.45, 2.75) is 6.42 Å². The molecule has 0 saturated heterocycles. The minimum absolute atomic E-state index is 0.603. The minimum atomic E-state index is 0.603. The molecule has 5 heteroatoms. The van der Waals surface area contributed by atoms with Crippen LogP contribution < -0.4 is 5.73 Å². The van der Waals surface area contributed by atoms with E-state index in [1.165, 1.54) is 11.3 Å². The van der Waals surface area contributed by atoms with Crippen LogP contribution in [0.1, 0.15) is 10.4 Å². The van der Waals surface area contributed by atoms with Gasteiger partial charge >= 0.3 is 0 Å². The largest absolute Gasteiger partial charge is 0.375 e. The zero-order valence-electron chi connectivity index (χ0n) is 7.71. The SMILES string of the molecule is Nc1ncc(Cc2ccc(I)cc2Cl)s1. The summed E-state index contributed by atoms with van der Waals surface area (Å²) in [6.45, 7) is 0. The molecule has 0 aliphatic heterocycles. The maximum Gasteiger partial charge on any atom is 0.180 e. The molecule has 1 aromatic carbocycles. The number of nitrogens with zero attached hydrogens (tertiary/aromatic N) is 1. The number of thiazole rings is 1. The van der Waals surface area contributed by atoms with Gasteiger partial charge in [-0.1, -0.05) is 17.7 Å². The summed E-state index contributed by atoms with van der Waals surface area (Å²) in [5.74, 6) is 0. The van der Waals surface area contributed by atoms with Gasteiger partial charge in [0, 0.05) is 26.1 Å². The Bertz CT molecular complexity index is 484. The van der Waals surface area contributed by atoms with Crippen LogP contribution in [-0.2, 0) is 6.42 Å². The van der Waals surface area contributed by atoms with E-state index in [9.17, 15) is 0 Å². The lowest BCUT2D eigenvalue weighted by molar-refractivity contribution is 1.22. The first-order chi connectivity index (χ1) is 7.15. The smallest absolute Gasteiger partial charge is 0.180 e. The van der Waals surface area contributed by atoms with Crippen LogP contribution >= 0.6 is 45.5 Å². The number of nitrogen functional groups attached to an aromatic ring is 1. The molecule has 0 bridgehead atoms. The summed E-state index contributed by atoms with van der Waals surface area (Å²) in [5.41, 5.74) is 6.68. The summed E-state index contributed by atoms with van der Waals surface area (Å²) in [6, 6.07) is 6.05. The number of hydrogen-bond donors (Lipinski definition) is 1. The van der Waals surface area contributed by atoms with Gasteiger partial charge in [0.15, 0.2) is 5.13 Å². The van der Waals surface area contributed by atoms with E-state index in [2.05, 4.69) is 27.6 Å². The summed E-state index contributed by atoms with van der Waals surface area (Å²) in [4.78, 5) is 5.15. The van der Waals surface area contributed by atoms with E-state index in [1.807, 2.05) is 18.2 Å². The second-order valence-electron chi connectivity index (χ2n) is 3.08. The Kier molecular flexibility index (Phi) is 3.48. The van der Waals surface area contributed by atoms with Gasteiger partial charge in [0.2, 0.25) is 0 Å². The first-order valence-corrected chi connectivity index (χ1v) is 6.56. The molecular formula is C10H8ClIN2S. The van der Waals surface area contributed by atoms with E-state index in [-0.39, 0.29) is 0 Å². The first-order valence-electron chi connectivity index (χ1n) is 4.29. The van der Waals surface area contributed by atoms with Gasteiger partial charge in [0.25, 0.3) is 0 Å². The average molecular weight is 351 g/mol. The fourth-order valence-corrected chi connectivity index (χ4v) is 2.89. The molecule has 0 spiro atoms. The molecule has 2 nitrogen and oxygen atoms in total. The summed E-state index contributed by atoms with van der Waals surface area (Å²) in [5, 5.41) is 1.40. The van der Waals surface area contributed by atoms with Crippen LogP contribution in [0.3, 0.4) is 0 Å². The van der Waals surface area contributed by atoms with Crippen molar-refractivity contribution in [3.05, 3.63) is 43.4 Å². The molecule has 1 heterocycles. The van der Waals surface area contributed by atoms with Gasteiger partial charge in [-0.3, -0.25) is 0 Å². The van der Waals surface area contributed by atoms with Crippen LogP contribution in [0.2, 0.25) is 5.02 Å². The van der Waals surface area contributed by atoms with E-state index < -0.39 is 0 Å². The number of nitrogens with two attached hydrogens (primary N) is 1. The molecule has 0 aliphatic rings. The fourth-order valence-electron chi connectivity index (χ4n) is 1.26. The third-order valence-corrected chi connectivity index (χ3v) is 3.80. The zero-order chi connectivity index (χ0) is 10.8. The molecule has 2 aromatic rings. The van der Waals surface area contributed by atoms with Crippen molar-refractivity contribution in [1.82, 2.24) is 4.98 Å². The van der Waals surface area contributed by atoms with Gasteiger partial charge in [-0.2, -0.15) is 0 Å². The number of anilines is 1. The maximum atomic E-state index is 6.13. The Morgan fingerprint density at radius 3 is 2.87 bits per heavy atom. The van der Waals surface area contributed by atoms with E-state index in [0.29, 0.717) is 5.13 Å². The van der Waals surface area contributed by atoms with Crippen molar-refractivity contribution in [3.8, 4) is 0 Å². The van der Waals surface area contributed by atoms with Gasteiger partial charge in [-0.15, -0.1) is 11.3 Å². The Labute approximate surface area is 111 Å². The van der Waals surface area contributed by atoms with E-state index in [4.69, 9.17) is 17.3 Å². The van der Waals surface area contributed by atoms with Gasteiger partial charge in [0.1, 0.15) is 0 Å². The Hall–Kier alpha value is -0.330. The number of benzene rings is 1. The van der Waals surface area contributed by atoms with Crippen molar-refractivity contribution in [3.63, 3.8) is 0 Å². The van der Waals surface area contributed by atoms with E-state index >= 15 is 0 Å². The molecule has 0 amide bonds. The van der Waals surface area contributed by atoms with Crippen molar-refractivity contribution in [2.24, 2.45) is 0 Å². The first kappa shape index (κ1) is 11.2. The Morgan fingerprint density at radius 1 is 1.47 bits per heavy atom. The topological polar surface area (TPSA) is 38.9 Å². The van der Waals surface area contributed by atoms with Crippen molar-refractivity contribution < 1.29 is 0 Å². The second kappa shape index (κ2) is 4.67. The van der Waals surface area contributed by atoms with Gasteiger partial charge in [-0.05, 0) is 40.3 Å². The van der Waals surface area contributed by atoms with Crippen LogP contribution in [0.5, 0.6) is 0 Å². The lowest BCUT2D eigenvalue weighted by atomic mass is 10.1. The van der Waals surface area contributed by atoms with Crippen LogP contribution in [0.15, 0.2) is 24.4 Å². The molecule has 15 heavy (non-hydrogen) atoms. The summed E-state index contributed by atoms with van der Waals surface area (Å²) in [7, 11) is 0. The molecule has 2 N–H and O–H groups in total. The minimum Gasteiger partial charge on any atom is -0.375 e. The molecule has 1 aromatic heterocycles. The summed E-state index contributed by atoms with van der Waals surface area (Å²) in [6.07, 6.45) is 2.60. The Balaban J connectivity index is 2.24. The average Bonchev–Trinajstić information content (AvgIpc) is 2.56. The summed E-state index contributed by atoms with van der Waals surface area (Å²) >= 11 is 9.88. The summed E-state index contributed by atoms with van der Waals surface area (Å²) < 4.78 is 1.14. The predicted molar refractivity (Wildman–Crippen MR) is 73.5 cm³/mol. The van der Waals surface area contributed by atoms with E-state index in [1.54, 1.807) is 6.20 Å². The molecule has 0 unspecified atom stereocenters. The predicted octanol–water partition coefficient (Wildman–Crippen LogP) is 3.57. The van der Waals surface area contributed by atoms with Gasteiger partial charge < -0.3 is 5.73 Å². The van der Waals surface area contributed by atoms with Crippen LogP contribution in [0.25, 0.3) is 0 Å². The maximum absolute atomic E-state index is 6.13. The monoisotopic (exact) mass is 350 g/mol. The lowest BCUT2D eigenvalue weighted by Gasteiger charge is -2.02. The standard InChI is InChI=1S/C10H8ClIN2S/c11-9-4-7(12)2-1-6(9)3-8-5-14-10(13)15-8/h1-2,4-5H,3H2,(H2,13,14). The molecule has 0 aliphatic carbocycles. The third kappa shape index (κ3) is 2.83. The number of aromatic nitrogens is 1. The second-order valence-corrected chi connectivity index (χ2v) is 5.88.